The monoisotopic (exact) mass is 262 g/mol. The molecule has 0 saturated heterocycles. The third-order valence-electron chi connectivity index (χ3n) is 2.41. The summed E-state index contributed by atoms with van der Waals surface area (Å²) in [6.07, 6.45) is 4.63. The van der Waals surface area contributed by atoms with Crippen LogP contribution in [0, 0.1) is 6.92 Å². The van der Waals surface area contributed by atoms with Crippen LogP contribution in [-0.2, 0) is 0 Å². The summed E-state index contributed by atoms with van der Waals surface area (Å²) in [4.78, 5) is 19.8. The van der Waals surface area contributed by atoms with Crippen LogP contribution in [0.4, 0.5) is 11.4 Å². The zero-order valence-corrected chi connectivity index (χ0v) is 10.4. The van der Waals surface area contributed by atoms with Gasteiger partial charge in [-0.25, -0.2) is 4.98 Å². The highest BCUT2D eigenvalue weighted by Crippen LogP contribution is 2.18. The van der Waals surface area contributed by atoms with Gasteiger partial charge in [-0.1, -0.05) is 11.6 Å². The fourth-order valence-electron chi connectivity index (χ4n) is 1.44. The molecule has 0 fully saturated rings. The van der Waals surface area contributed by atoms with Crippen LogP contribution in [0.2, 0.25) is 5.15 Å². The molecule has 0 spiro atoms. The highest BCUT2D eigenvalue weighted by molar-refractivity contribution is 6.30. The molecule has 2 heterocycles. The summed E-state index contributed by atoms with van der Waals surface area (Å²) in [5.41, 5.74) is 7.81. The number of nitrogen functional groups attached to an aromatic ring is 1. The van der Waals surface area contributed by atoms with Crippen molar-refractivity contribution in [2.75, 3.05) is 11.1 Å². The number of hydrogen-bond donors (Lipinski definition) is 2. The van der Waals surface area contributed by atoms with E-state index in [9.17, 15) is 4.79 Å². The third-order valence-corrected chi connectivity index (χ3v) is 2.62. The van der Waals surface area contributed by atoms with Crippen molar-refractivity contribution in [2.45, 2.75) is 6.92 Å². The first-order chi connectivity index (χ1) is 8.58. The van der Waals surface area contributed by atoms with E-state index in [1.54, 1.807) is 18.5 Å². The summed E-state index contributed by atoms with van der Waals surface area (Å²) in [5, 5.41) is 2.97. The summed E-state index contributed by atoms with van der Waals surface area (Å²) < 4.78 is 0. The maximum absolute atomic E-state index is 12.0. The van der Waals surface area contributed by atoms with Crippen molar-refractivity contribution in [3.63, 3.8) is 0 Å². The topological polar surface area (TPSA) is 80.9 Å². The van der Waals surface area contributed by atoms with E-state index in [1.165, 1.54) is 12.3 Å². The number of hydrogen-bond acceptors (Lipinski definition) is 4. The number of nitrogens with two attached hydrogens (primary N) is 1. The standard InChI is InChI=1S/C12H11ClN4O/c1-7-5-15-3-2-10(7)17-12(18)8-4-11(13)16-6-9(8)14/h2-6H,14H2,1H3,(H,15,17,18). The predicted molar refractivity (Wildman–Crippen MR) is 70.6 cm³/mol. The minimum Gasteiger partial charge on any atom is -0.397 e. The van der Waals surface area contributed by atoms with Gasteiger partial charge in [-0.2, -0.15) is 0 Å². The highest BCUT2D eigenvalue weighted by atomic mass is 35.5. The van der Waals surface area contributed by atoms with Crippen molar-refractivity contribution in [3.05, 3.63) is 47.0 Å². The summed E-state index contributed by atoms with van der Waals surface area (Å²) in [7, 11) is 0. The molecule has 0 aliphatic carbocycles. The molecule has 0 aromatic carbocycles. The number of carbonyl (C=O) groups excluding carboxylic acids is 1. The lowest BCUT2D eigenvalue weighted by molar-refractivity contribution is 0.102. The van der Waals surface area contributed by atoms with Crippen molar-refractivity contribution in [3.8, 4) is 0 Å². The smallest absolute Gasteiger partial charge is 0.257 e. The molecule has 3 N–H and O–H groups in total. The van der Waals surface area contributed by atoms with Crippen molar-refractivity contribution in [1.29, 1.82) is 0 Å². The Bertz CT molecular complexity index is 600. The SMILES string of the molecule is Cc1cnccc1NC(=O)c1cc(Cl)ncc1N. The summed E-state index contributed by atoms with van der Waals surface area (Å²) in [6, 6.07) is 3.15. The molecule has 2 aromatic rings. The predicted octanol–water partition coefficient (Wildman–Crippen LogP) is 2.27. The Morgan fingerprint density at radius 2 is 2.22 bits per heavy atom. The maximum atomic E-state index is 12.0. The van der Waals surface area contributed by atoms with E-state index in [1.807, 2.05) is 6.92 Å². The van der Waals surface area contributed by atoms with Gasteiger partial charge in [0, 0.05) is 18.1 Å². The van der Waals surface area contributed by atoms with E-state index in [4.69, 9.17) is 17.3 Å². The van der Waals surface area contributed by atoms with E-state index < -0.39 is 0 Å². The second-order valence-electron chi connectivity index (χ2n) is 3.74. The average Bonchev–Trinajstić information content (AvgIpc) is 2.35. The molecule has 5 nitrogen and oxygen atoms in total. The maximum Gasteiger partial charge on any atom is 0.257 e. The summed E-state index contributed by atoms with van der Waals surface area (Å²) >= 11 is 5.74. The second kappa shape index (κ2) is 5.01. The fraction of sp³-hybridized carbons (Fsp3) is 0.0833. The second-order valence-corrected chi connectivity index (χ2v) is 4.13. The molecule has 92 valence electrons. The number of aryl methyl sites for hydroxylation is 1. The third kappa shape index (κ3) is 2.57. The van der Waals surface area contributed by atoms with Gasteiger partial charge >= 0.3 is 0 Å². The van der Waals surface area contributed by atoms with E-state index in [2.05, 4.69) is 15.3 Å². The van der Waals surface area contributed by atoms with Gasteiger partial charge in [-0.05, 0) is 24.6 Å². The Labute approximate surface area is 109 Å². The number of carbonyl (C=O) groups is 1. The average molecular weight is 263 g/mol. The lowest BCUT2D eigenvalue weighted by Gasteiger charge is -2.09. The zero-order valence-electron chi connectivity index (χ0n) is 9.64. The first kappa shape index (κ1) is 12.3. The minimum atomic E-state index is -0.328. The summed E-state index contributed by atoms with van der Waals surface area (Å²) in [6.45, 7) is 1.85. The first-order valence-electron chi connectivity index (χ1n) is 5.21. The molecule has 0 aliphatic rings. The molecule has 0 saturated carbocycles. The largest absolute Gasteiger partial charge is 0.397 e. The molecular formula is C12H11ClN4O. The van der Waals surface area contributed by atoms with Crippen LogP contribution in [0.1, 0.15) is 15.9 Å². The molecule has 0 radical (unpaired) electrons. The Hall–Kier alpha value is -2.14. The molecular weight excluding hydrogens is 252 g/mol. The van der Waals surface area contributed by atoms with Crippen LogP contribution in [0.15, 0.2) is 30.7 Å². The van der Waals surface area contributed by atoms with Crippen LogP contribution in [0.25, 0.3) is 0 Å². The molecule has 0 aliphatic heterocycles. The molecule has 18 heavy (non-hydrogen) atoms. The van der Waals surface area contributed by atoms with E-state index in [-0.39, 0.29) is 16.7 Å². The van der Waals surface area contributed by atoms with Crippen molar-refractivity contribution < 1.29 is 4.79 Å². The van der Waals surface area contributed by atoms with Crippen LogP contribution >= 0.6 is 11.6 Å². The Kier molecular flexibility index (Phi) is 3.43. The lowest BCUT2D eigenvalue weighted by Crippen LogP contribution is -2.15. The first-order valence-corrected chi connectivity index (χ1v) is 5.58. The number of amides is 1. The minimum absolute atomic E-state index is 0.223. The van der Waals surface area contributed by atoms with Gasteiger partial charge in [0.25, 0.3) is 5.91 Å². The molecule has 0 unspecified atom stereocenters. The van der Waals surface area contributed by atoms with Crippen LogP contribution in [0.3, 0.4) is 0 Å². The highest BCUT2D eigenvalue weighted by Gasteiger charge is 2.12. The van der Waals surface area contributed by atoms with Gasteiger partial charge in [0.2, 0.25) is 0 Å². The van der Waals surface area contributed by atoms with Crippen LogP contribution in [0.5, 0.6) is 0 Å². The number of aromatic nitrogens is 2. The Balaban J connectivity index is 2.28. The van der Waals surface area contributed by atoms with Crippen molar-refractivity contribution in [2.24, 2.45) is 0 Å². The lowest BCUT2D eigenvalue weighted by atomic mass is 10.2. The fourth-order valence-corrected chi connectivity index (χ4v) is 1.60. The van der Waals surface area contributed by atoms with Crippen LogP contribution in [-0.4, -0.2) is 15.9 Å². The molecule has 2 aromatic heterocycles. The van der Waals surface area contributed by atoms with Gasteiger partial charge in [0.1, 0.15) is 5.15 Å². The van der Waals surface area contributed by atoms with Gasteiger partial charge in [-0.15, -0.1) is 0 Å². The van der Waals surface area contributed by atoms with Gasteiger partial charge in [-0.3, -0.25) is 9.78 Å². The summed E-state index contributed by atoms with van der Waals surface area (Å²) in [5.74, 6) is -0.328. The number of halogens is 1. The molecule has 6 heteroatoms. The van der Waals surface area contributed by atoms with Gasteiger partial charge in [0.15, 0.2) is 0 Å². The van der Waals surface area contributed by atoms with Crippen LogP contribution < -0.4 is 11.1 Å². The van der Waals surface area contributed by atoms with E-state index in [0.29, 0.717) is 11.3 Å². The number of anilines is 2. The van der Waals surface area contributed by atoms with E-state index >= 15 is 0 Å². The molecule has 0 bridgehead atoms. The number of pyridine rings is 2. The van der Waals surface area contributed by atoms with Crippen molar-refractivity contribution in [1.82, 2.24) is 9.97 Å². The molecule has 2 rings (SSSR count). The normalized spacial score (nSPS) is 10.1. The van der Waals surface area contributed by atoms with Gasteiger partial charge < -0.3 is 11.1 Å². The number of nitrogens with one attached hydrogen (secondary N) is 1. The zero-order chi connectivity index (χ0) is 13.1. The number of rotatable bonds is 2. The molecule has 0 atom stereocenters. The van der Waals surface area contributed by atoms with Gasteiger partial charge in [0.05, 0.1) is 17.4 Å². The van der Waals surface area contributed by atoms with E-state index in [0.717, 1.165) is 5.56 Å². The molecule has 1 amide bonds. The van der Waals surface area contributed by atoms with Crippen molar-refractivity contribution >= 4 is 28.9 Å². The Morgan fingerprint density at radius 3 is 2.94 bits per heavy atom. The quantitative estimate of drug-likeness (QED) is 0.814. The number of nitrogens with zero attached hydrogens (tertiary/aromatic N) is 2. The Morgan fingerprint density at radius 1 is 1.44 bits per heavy atom.